The molecule has 0 radical (unpaired) electrons. The van der Waals surface area contributed by atoms with E-state index in [1.54, 1.807) is 7.05 Å². The number of carbonyl (C=O) groups excluding carboxylic acids is 2. The van der Waals surface area contributed by atoms with Gasteiger partial charge in [-0.3, -0.25) is 14.5 Å². The third kappa shape index (κ3) is 5.11. The van der Waals surface area contributed by atoms with Gasteiger partial charge in [0, 0.05) is 31.6 Å². The standard InChI is InChI=1S/C28H33ClN4O4/c1-3-19-16-23-25(27(35)32(24(34)17-19)14-7-15-36-30-2)33(18-20-10-12-21(29)13-11-20)28(26(23)31-28)37-22-8-5-4-6-9-22/h4-6,8-13,19,26,30-31H,3,7,14-18H2,1-2H3. The molecule has 1 saturated heterocycles. The molecule has 0 aromatic heterocycles. The van der Waals surface area contributed by atoms with Gasteiger partial charge in [-0.2, -0.15) is 0 Å². The Kier molecular flexibility index (Phi) is 7.53. The van der Waals surface area contributed by atoms with Gasteiger partial charge >= 0.3 is 0 Å². The molecule has 2 amide bonds. The highest BCUT2D eigenvalue weighted by Gasteiger charge is 2.70. The number of nitrogens with one attached hydrogen (secondary N) is 2. The van der Waals surface area contributed by atoms with Gasteiger partial charge in [0.2, 0.25) is 5.91 Å². The van der Waals surface area contributed by atoms with Crippen LogP contribution in [0.1, 0.15) is 38.2 Å². The predicted molar refractivity (Wildman–Crippen MR) is 140 cm³/mol. The van der Waals surface area contributed by atoms with Gasteiger partial charge in [-0.25, -0.2) is 10.8 Å². The van der Waals surface area contributed by atoms with Gasteiger partial charge in [0.1, 0.15) is 17.5 Å². The molecule has 3 atom stereocenters. The molecule has 9 heteroatoms. The van der Waals surface area contributed by atoms with E-state index in [1.807, 2.05) is 59.5 Å². The van der Waals surface area contributed by atoms with E-state index in [4.69, 9.17) is 21.2 Å². The van der Waals surface area contributed by atoms with Crippen molar-refractivity contribution >= 4 is 23.4 Å². The Bertz CT molecular complexity index is 1170. The monoisotopic (exact) mass is 524 g/mol. The molecule has 2 aromatic carbocycles. The zero-order valence-electron chi connectivity index (χ0n) is 21.2. The van der Waals surface area contributed by atoms with Crippen molar-refractivity contribution in [2.45, 2.75) is 51.0 Å². The molecular formula is C28H33ClN4O4. The van der Waals surface area contributed by atoms with Crippen LogP contribution in [0, 0.1) is 5.92 Å². The second kappa shape index (κ2) is 10.8. The lowest BCUT2D eigenvalue weighted by atomic mass is 9.89. The summed E-state index contributed by atoms with van der Waals surface area (Å²) in [7, 11) is 1.69. The van der Waals surface area contributed by atoms with Crippen molar-refractivity contribution in [1.29, 1.82) is 0 Å². The average molecular weight is 525 g/mol. The van der Waals surface area contributed by atoms with E-state index >= 15 is 0 Å². The summed E-state index contributed by atoms with van der Waals surface area (Å²) >= 11 is 6.14. The molecule has 0 spiro atoms. The van der Waals surface area contributed by atoms with Crippen LogP contribution in [0.4, 0.5) is 0 Å². The number of hydrogen-bond donors (Lipinski definition) is 2. The van der Waals surface area contributed by atoms with Crippen LogP contribution in [0.15, 0.2) is 65.9 Å². The minimum atomic E-state index is -0.881. The van der Waals surface area contributed by atoms with Crippen molar-refractivity contribution in [3.63, 3.8) is 0 Å². The number of halogens is 1. The van der Waals surface area contributed by atoms with Crippen LogP contribution < -0.4 is 15.5 Å². The van der Waals surface area contributed by atoms with E-state index in [2.05, 4.69) is 17.7 Å². The van der Waals surface area contributed by atoms with Crippen molar-refractivity contribution in [2.24, 2.45) is 5.92 Å². The molecule has 196 valence electrons. The molecule has 1 fully saturated rings. The summed E-state index contributed by atoms with van der Waals surface area (Å²) < 4.78 is 6.57. The molecule has 37 heavy (non-hydrogen) atoms. The number of fused-ring (bicyclic) bond motifs is 2. The predicted octanol–water partition coefficient (Wildman–Crippen LogP) is 3.83. The lowest BCUT2D eigenvalue weighted by molar-refractivity contribution is -0.145. The number of benzene rings is 2. The van der Waals surface area contributed by atoms with Crippen LogP contribution in [0.3, 0.4) is 0 Å². The summed E-state index contributed by atoms with van der Waals surface area (Å²) in [4.78, 5) is 36.1. The zero-order chi connectivity index (χ0) is 26.0. The number of hydroxylamine groups is 1. The minimum Gasteiger partial charge on any atom is -0.452 e. The molecule has 3 aliphatic heterocycles. The van der Waals surface area contributed by atoms with Crippen molar-refractivity contribution in [2.75, 3.05) is 20.2 Å². The second-order valence-electron chi connectivity index (χ2n) is 9.71. The van der Waals surface area contributed by atoms with E-state index in [1.165, 1.54) is 4.90 Å². The summed E-state index contributed by atoms with van der Waals surface area (Å²) in [5, 5.41) is 4.20. The Hall–Kier alpha value is -2.91. The Labute approximate surface area is 222 Å². The Balaban J connectivity index is 1.53. The molecule has 2 aromatic rings. The Morgan fingerprint density at radius 3 is 2.57 bits per heavy atom. The van der Waals surface area contributed by atoms with E-state index in [0.29, 0.717) is 55.4 Å². The maximum absolute atomic E-state index is 14.1. The van der Waals surface area contributed by atoms with Gasteiger partial charge in [-0.15, -0.1) is 0 Å². The van der Waals surface area contributed by atoms with Crippen LogP contribution in [-0.4, -0.2) is 53.7 Å². The average Bonchev–Trinajstić information content (AvgIpc) is 3.56. The van der Waals surface area contributed by atoms with Gasteiger partial charge < -0.3 is 14.5 Å². The number of nitrogens with zero attached hydrogens (tertiary/aromatic N) is 2. The highest BCUT2D eigenvalue weighted by molar-refractivity contribution is 6.30. The van der Waals surface area contributed by atoms with E-state index < -0.39 is 5.85 Å². The van der Waals surface area contributed by atoms with Crippen LogP contribution in [-0.2, 0) is 21.0 Å². The third-order valence-corrected chi connectivity index (χ3v) is 7.58. The van der Waals surface area contributed by atoms with Crippen LogP contribution in [0.25, 0.3) is 0 Å². The van der Waals surface area contributed by atoms with Gasteiger partial charge in [0.05, 0.1) is 6.61 Å². The summed E-state index contributed by atoms with van der Waals surface area (Å²) in [6.45, 7) is 3.23. The molecule has 5 rings (SSSR count). The summed E-state index contributed by atoms with van der Waals surface area (Å²) in [5.74, 6) is -0.419. The van der Waals surface area contributed by atoms with Crippen LogP contribution in [0.2, 0.25) is 5.02 Å². The number of hydrogen-bond acceptors (Lipinski definition) is 7. The maximum Gasteiger partial charge on any atom is 0.276 e. The molecule has 3 aliphatic rings. The maximum atomic E-state index is 14.1. The number of para-hydroxylation sites is 1. The van der Waals surface area contributed by atoms with E-state index in [0.717, 1.165) is 17.6 Å². The SMILES string of the molecule is CCC1CC(=O)N(CCCONC)C(=O)C2=C(C1)C1NC1(Oc1ccccc1)N2Cc1ccc(Cl)cc1. The van der Waals surface area contributed by atoms with Gasteiger partial charge in [0.25, 0.3) is 11.8 Å². The number of ether oxygens (including phenoxy) is 1. The first-order chi connectivity index (χ1) is 18.0. The second-order valence-corrected chi connectivity index (χ2v) is 10.2. The molecule has 8 nitrogen and oxygen atoms in total. The fraction of sp³-hybridized carbons (Fsp3) is 0.429. The van der Waals surface area contributed by atoms with E-state index in [-0.39, 0.29) is 23.8 Å². The summed E-state index contributed by atoms with van der Waals surface area (Å²) in [6, 6.07) is 17.1. The summed E-state index contributed by atoms with van der Waals surface area (Å²) in [6.07, 6.45) is 2.42. The fourth-order valence-corrected chi connectivity index (χ4v) is 5.47. The largest absolute Gasteiger partial charge is 0.452 e. The number of amides is 2. The van der Waals surface area contributed by atoms with Crippen LogP contribution >= 0.6 is 11.6 Å². The fourth-order valence-electron chi connectivity index (χ4n) is 5.34. The Morgan fingerprint density at radius 2 is 1.86 bits per heavy atom. The molecule has 0 aliphatic carbocycles. The molecule has 3 unspecified atom stereocenters. The molecule has 3 heterocycles. The smallest absolute Gasteiger partial charge is 0.276 e. The van der Waals surface area contributed by atoms with Crippen molar-refractivity contribution in [3.05, 3.63) is 76.5 Å². The lowest BCUT2D eigenvalue weighted by Crippen LogP contribution is -2.49. The Morgan fingerprint density at radius 1 is 1.11 bits per heavy atom. The van der Waals surface area contributed by atoms with E-state index in [9.17, 15) is 9.59 Å². The first-order valence-electron chi connectivity index (χ1n) is 12.9. The van der Waals surface area contributed by atoms with Crippen molar-refractivity contribution in [1.82, 2.24) is 20.6 Å². The molecule has 2 N–H and O–H groups in total. The van der Waals surface area contributed by atoms with Gasteiger partial charge in [0.15, 0.2) is 0 Å². The quantitative estimate of drug-likeness (QED) is 0.211. The van der Waals surface area contributed by atoms with Gasteiger partial charge in [-0.1, -0.05) is 55.3 Å². The highest BCUT2D eigenvalue weighted by Crippen LogP contribution is 2.51. The number of rotatable bonds is 10. The lowest BCUT2D eigenvalue weighted by Gasteiger charge is -2.35. The van der Waals surface area contributed by atoms with Crippen molar-refractivity contribution < 1.29 is 19.2 Å². The first kappa shape index (κ1) is 25.7. The topological polar surface area (TPSA) is 93.0 Å². The summed E-state index contributed by atoms with van der Waals surface area (Å²) in [5.41, 5.74) is 5.22. The normalized spacial score (nSPS) is 25.1. The van der Waals surface area contributed by atoms with Crippen molar-refractivity contribution in [3.8, 4) is 5.75 Å². The van der Waals surface area contributed by atoms with Crippen LogP contribution in [0.5, 0.6) is 5.75 Å². The molecule has 0 saturated carbocycles. The third-order valence-electron chi connectivity index (χ3n) is 7.32. The van der Waals surface area contributed by atoms with Gasteiger partial charge in [-0.05, 0) is 54.2 Å². The number of imide groups is 1. The zero-order valence-corrected chi connectivity index (χ0v) is 22.0. The first-order valence-corrected chi connectivity index (χ1v) is 13.2. The highest BCUT2D eigenvalue weighted by atomic mass is 35.5. The molecule has 0 bridgehead atoms. The number of carbonyl (C=O) groups is 2. The minimum absolute atomic E-state index is 0.129. The molecular weight excluding hydrogens is 492 g/mol.